The Morgan fingerprint density at radius 3 is 2.91 bits per heavy atom. The van der Waals surface area contributed by atoms with E-state index in [1.54, 1.807) is 0 Å². The summed E-state index contributed by atoms with van der Waals surface area (Å²) >= 11 is 3.42. The van der Waals surface area contributed by atoms with Gasteiger partial charge in [-0.1, -0.05) is 34.1 Å². The maximum Gasteiger partial charge on any atom is 0.124 e. The van der Waals surface area contributed by atoms with Crippen molar-refractivity contribution < 1.29 is 4.79 Å². The number of carbonyl (C=O) groups excluding carboxylic acids is 1. The first-order chi connectivity index (χ1) is 5.25. The molecule has 0 aliphatic heterocycles. The summed E-state index contributed by atoms with van der Waals surface area (Å²) in [6, 6.07) is 5.92. The molecule has 1 aromatic carbocycles. The van der Waals surface area contributed by atoms with E-state index in [0.717, 1.165) is 16.3 Å². The Hall–Kier alpha value is -0.630. The zero-order chi connectivity index (χ0) is 8.27. The van der Waals surface area contributed by atoms with Crippen molar-refractivity contribution in [3.05, 3.63) is 33.8 Å². The van der Waals surface area contributed by atoms with Gasteiger partial charge in [0.2, 0.25) is 0 Å². The Kier molecular flexibility index (Phi) is 2.83. The van der Waals surface area contributed by atoms with Crippen LogP contribution in [0.4, 0.5) is 0 Å². The van der Waals surface area contributed by atoms with Crippen LogP contribution in [0.2, 0.25) is 0 Å². The first-order valence-electron chi connectivity index (χ1n) is 3.43. The third kappa shape index (κ3) is 1.90. The molecule has 0 unspecified atom stereocenters. The molecule has 0 aliphatic carbocycles. The van der Waals surface area contributed by atoms with Crippen LogP contribution in [-0.2, 0) is 11.2 Å². The van der Waals surface area contributed by atoms with Gasteiger partial charge in [-0.15, -0.1) is 0 Å². The fraction of sp³-hybridized carbons (Fsp3) is 0.222. The second kappa shape index (κ2) is 3.67. The van der Waals surface area contributed by atoms with E-state index < -0.39 is 0 Å². The van der Waals surface area contributed by atoms with Gasteiger partial charge in [-0.3, -0.25) is 0 Å². The molecule has 0 saturated heterocycles. The molecule has 2 heteroatoms. The Morgan fingerprint density at radius 2 is 2.27 bits per heavy atom. The molecule has 1 nitrogen and oxygen atoms in total. The van der Waals surface area contributed by atoms with Gasteiger partial charge in [-0.05, 0) is 18.1 Å². The molecule has 0 bridgehead atoms. The van der Waals surface area contributed by atoms with Crippen molar-refractivity contribution in [2.24, 2.45) is 0 Å². The van der Waals surface area contributed by atoms with E-state index in [1.165, 1.54) is 5.56 Å². The van der Waals surface area contributed by atoms with Crippen molar-refractivity contribution in [1.82, 2.24) is 0 Å². The number of halogens is 1. The van der Waals surface area contributed by atoms with E-state index >= 15 is 0 Å². The quantitative estimate of drug-likeness (QED) is 0.689. The third-order valence-corrected chi connectivity index (χ3v) is 2.71. The summed E-state index contributed by atoms with van der Waals surface area (Å²) in [6.45, 7) is 2.01. The van der Waals surface area contributed by atoms with Crippen LogP contribution in [0.15, 0.2) is 22.7 Å². The molecule has 11 heavy (non-hydrogen) atoms. The lowest BCUT2D eigenvalue weighted by Gasteiger charge is -2.01. The normalized spacial score (nSPS) is 9.64. The Morgan fingerprint density at radius 1 is 1.55 bits per heavy atom. The highest BCUT2D eigenvalue weighted by molar-refractivity contribution is 9.10. The maximum atomic E-state index is 10.2. The number of carbonyl (C=O) groups is 1. The van der Waals surface area contributed by atoms with Gasteiger partial charge in [0.15, 0.2) is 0 Å². The zero-order valence-electron chi connectivity index (χ0n) is 6.30. The van der Waals surface area contributed by atoms with Crippen molar-refractivity contribution in [1.29, 1.82) is 0 Å². The van der Waals surface area contributed by atoms with Crippen LogP contribution in [0, 0.1) is 6.92 Å². The van der Waals surface area contributed by atoms with Crippen molar-refractivity contribution in [2.45, 2.75) is 13.3 Å². The number of benzene rings is 1. The number of rotatable bonds is 2. The molecule has 0 radical (unpaired) electrons. The molecule has 0 amide bonds. The fourth-order valence-electron chi connectivity index (χ4n) is 0.956. The third-order valence-electron chi connectivity index (χ3n) is 1.58. The molecule has 0 aromatic heterocycles. The molecule has 58 valence electrons. The van der Waals surface area contributed by atoms with E-state index in [2.05, 4.69) is 15.9 Å². The van der Waals surface area contributed by atoms with Crippen LogP contribution in [-0.4, -0.2) is 6.29 Å². The van der Waals surface area contributed by atoms with Gasteiger partial charge in [-0.25, -0.2) is 0 Å². The van der Waals surface area contributed by atoms with Gasteiger partial charge >= 0.3 is 0 Å². The molecule has 0 atom stereocenters. The highest BCUT2D eigenvalue weighted by Crippen LogP contribution is 2.20. The van der Waals surface area contributed by atoms with Crippen molar-refractivity contribution in [2.75, 3.05) is 0 Å². The van der Waals surface area contributed by atoms with Gasteiger partial charge in [-0.2, -0.15) is 0 Å². The molecular formula is C9H9BrO. The summed E-state index contributed by atoms with van der Waals surface area (Å²) < 4.78 is 1.05. The Bertz CT molecular complexity index is 268. The maximum absolute atomic E-state index is 10.2. The van der Waals surface area contributed by atoms with Gasteiger partial charge in [0.1, 0.15) is 6.29 Å². The topological polar surface area (TPSA) is 17.1 Å². The van der Waals surface area contributed by atoms with Gasteiger partial charge in [0.25, 0.3) is 0 Å². The zero-order valence-corrected chi connectivity index (χ0v) is 7.89. The minimum absolute atomic E-state index is 0.488. The van der Waals surface area contributed by atoms with E-state index in [1.807, 2.05) is 25.1 Å². The standard InChI is InChI=1S/C9H9BrO/c1-7-3-2-4-8(5-6-11)9(7)10/h2-4,6H,5H2,1H3. The SMILES string of the molecule is Cc1cccc(CC=O)c1Br. The van der Waals surface area contributed by atoms with E-state index in [4.69, 9.17) is 0 Å². The fourth-order valence-corrected chi connectivity index (χ4v) is 1.38. The van der Waals surface area contributed by atoms with E-state index in [0.29, 0.717) is 6.42 Å². The summed E-state index contributed by atoms with van der Waals surface area (Å²) in [5.41, 5.74) is 2.23. The average molecular weight is 213 g/mol. The van der Waals surface area contributed by atoms with Gasteiger partial charge in [0, 0.05) is 10.9 Å². The predicted octanol–water partition coefficient (Wildman–Crippen LogP) is 2.50. The second-order valence-electron chi connectivity index (χ2n) is 2.42. The second-order valence-corrected chi connectivity index (χ2v) is 3.21. The minimum Gasteiger partial charge on any atom is -0.303 e. The molecule has 0 N–H and O–H groups in total. The summed E-state index contributed by atoms with van der Waals surface area (Å²) in [5.74, 6) is 0. The molecule has 0 heterocycles. The number of aryl methyl sites for hydroxylation is 1. The van der Waals surface area contributed by atoms with Crippen LogP contribution in [0.5, 0.6) is 0 Å². The number of hydrogen-bond acceptors (Lipinski definition) is 1. The van der Waals surface area contributed by atoms with E-state index in [-0.39, 0.29) is 0 Å². The van der Waals surface area contributed by atoms with Crippen molar-refractivity contribution in [3.8, 4) is 0 Å². The summed E-state index contributed by atoms with van der Waals surface area (Å²) in [5, 5.41) is 0. The first kappa shape index (κ1) is 8.47. The highest BCUT2D eigenvalue weighted by Gasteiger charge is 1.99. The summed E-state index contributed by atoms with van der Waals surface area (Å²) in [7, 11) is 0. The molecule has 1 aromatic rings. The largest absolute Gasteiger partial charge is 0.303 e. The molecule has 0 saturated carbocycles. The molecule has 0 aliphatic rings. The first-order valence-corrected chi connectivity index (χ1v) is 4.22. The Labute approximate surface area is 74.6 Å². The van der Waals surface area contributed by atoms with Crippen LogP contribution in [0.25, 0.3) is 0 Å². The van der Waals surface area contributed by atoms with Crippen LogP contribution in [0.1, 0.15) is 11.1 Å². The molecular weight excluding hydrogens is 204 g/mol. The van der Waals surface area contributed by atoms with Crippen LogP contribution in [0.3, 0.4) is 0 Å². The lowest BCUT2D eigenvalue weighted by Crippen LogP contribution is -1.88. The lowest BCUT2D eigenvalue weighted by molar-refractivity contribution is -0.107. The minimum atomic E-state index is 0.488. The summed E-state index contributed by atoms with van der Waals surface area (Å²) in [6.07, 6.45) is 1.40. The van der Waals surface area contributed by atoms with Crippen LogP contribution >= 0.6 is 15.9 Å². The monoisotopic (exact) mass is 212 g/mol. The van der Waals surface area contributed by atoms with Gasteiger partial charge in [0.05, 0.1) is 0 Å². The van der Waals surface area contributed by atoms with Crippen molar-refractivity contribution >= 4 is 22.2 Å². The molecule has 1 rings (SSSR count). The Balaban J connectivity index is 3.05. The van der Waals surface area contributed by atoms with Crippen LogP contribution < -0.4 is 0 Å². The van der Waals surface area contributed by atoms with E-state index in [9.17, 15) is 4.79 Å². The molecule has 0 spiro atoms. The lowest BCUT2D eigenvalue weighted by atomic mass is 10.1. The van der Waals surface area contributed by atoms with Crippen molar-refractivity contribution in [3.63, 3.8) is 0 Å². The number of hydrogen-bond donors (Lipinski definition) is 0. The number of aldehydes is 1. The summed E-state index contributed by atoms with van der Waals surface area (Å²) in [4.78, 5) is 10.2. The van der Waals surface area contributed by atoms with Gasteiger partial charge < -0.3 is 4.79 Å². The average Bonchev–Trinajstić information content (AvgIpc) is 1.99. The smallest absolute Gasteiger partial charge is 0.124 e. The highest BCUT2D eigenvalue weighted by atomic mass is 79.9. The molecule has 0 fully saturated rings. The predicted molar refractivity (Wildman–Crippen MR) is 48.6 cm³/mol.